The molecule has 0 saturated carbocycles. The van der Waals surface area contributed by atoms with Crippen molar-refractivity contribution in [2.75, 3.05) is 13.2 Å². The molecule has 7 nitrogen and oxygen atoms in total. The molecule has 0 aliphatic carbocycles. The highest BCUT2D eigenvalue weighted by molar-refractivity contribution is 6.17. The lowest BCUT2D eigenvalue weighted by Crippen LogP contribution is -2.25. The van der Waals surface area contributed by atoms with E-state index in [0.717, 1.165) is 0 Å². The molecule has 2 aromatic carbocycles. The Bertz CT molecular complexity index is 1180. The summed E-state index contributed by atoms with van der Waals surface area (Å²) in [5.74, 6) is -0.982. The van der Waals surface area contributed by atoms with E-state index in [2.05, 4.69) is 10.3 Å². The Morgan fingerprint density at radius 2 is 1.82 bits per heavy atom. The van der Waals surface area contributed by atoms with Crippen molar-refractivity contribution in [3.63, 3.8) is 0 Å². The van der Waals surface area contributed by atoms with E-state index in [1.165, 1.54) is 12.1 Å². The summed E-state index contributed by atoms with van der Waals surface area (Å²) < 4.78 is 26.9. The number of nitrogens with one attached hydrogen (secondary N) is 1. The zero-order chi connectivity index (χ0) is 24.1. The highest BCUT2D eigenvalue weighted by Gasteiger charge is 2.25. The highest BCUT2D eigenvalue weighted by Crippen LogP contribution is 2.34. The number of halogens is 1. The van der Waals surface area contributed by atoms with Gasteiger partial charge in [0.05, 0.1) is 24.8 Å². The number of carbonyl (C=O) groups is 2. The number of amides is 1. The number of pyridine rings is 1. The maximum absolute atomic E-state index is 15.7. The first kappa shape index (κ1) is 24.0. The van der Waals surface area contributed by atoms with Gasteiger partial charge in [-0.05, 0) is 43.4 Å². The van der Waals surface area contributed by atoms with Gasteiger partial charge in [0.25, 0.3) is 0 Å². The van der Waals surface area contributed by atoms with Crippen molar-refractivity contribution in [1.29, 1.82) is 0 Å². The second-order valence-corrected chi connectivity index (χ2v) is 8.00. The van der Waals surface area contributed by atoms with Crippen LogP contribution in [0.5, 0.6) is 11.6 Å². The Kier molecular flexibility index (Phi) is 7.48. The molecule has 0 aliphatic heterocycles. The number of carbonyl (C=O) groups excluding carboxylic acids is 1. The van der Waals surface area contributed by atoms with E-state index in [0.29, 0.717) is 34.4 Å². The molecule has 0 saturated heterocycles. The van der Waals surface area contributed by atoms with Gasteiger partial charge < -0.3 is 19.9 Å². The van der Waals surface area contributed by atoms with Gasteiger partial charge >= 0.3 is 6.09 Å². The molecule has 1 aromatic heterocycles. The molecule has 3 aromatic rings. The maximum atomic E-state index is 15.7. The van der Waals surface area contributed by atoms with Crippen LogP contribution >= 0.6 is 0 Å². The number of nitrogens with zero attached hydrogens (tertiary/aromatic N) is 1. The lowest BCUT2D eigenvalue weighted by atomic mass is 9.95. The van der Waals surface area contributed by atoms with Crippen LogP contribution in [0.15, 0.2) is 42.6 Å². The average Bonchev–Trinajstić information content (AvgIpc) is 2.77. The van der Waals surface area contributed by atoms with E-state index in [1.807, 2.05) is 20.8 Å². The monoisotopic (exact) mass is 454 g/mol. The van der Waals surface area contributed by atoms with Crippen LogP contribution in [0, 0.1) is 11.7 Å². The lowest BCUT2D eigenvalue weighted by Gasteiger charge is -2.20. The molecular weight excluding hydrogens is 427 g/mol. The molecule has 0 aliphatic rings. The van der Waals surface area contributed by atoms with Crippen molar-refractivity contribution in [2.45, 2.75) is 33.7 Å². The summed E-state index contributed by atoms with van der Waals surface area (Å²) in [6.45, 7) is 7.86. The lowest BCUT2D eigenvalue weighted by molar-refractivity contribution is 0.103. The largest absolute Gasteiger partial charge is 0.490 e. The van der Waals surface area contributed by atoms with E-state index >= 15 is 4.39 Å². The second kappa shape index (κ2) is 10.3. The zero-order valence-electron chi connectivity index (χ0n) is 19.0. The van der Waals surface area contributed by atoms with Crippen molar-refractivity contribution in [3.05, 3.63) is 65.1 Å². The van der Waals surface area contributed by atoms with Crippen LogP contribution in [-0.2, 0) is 0 Å². The molecular formula is C25H27FN2O5. The van der Waals surface area contributed by atoms with Crippen LogP contribution in [0.1, 0.15) is 55.2 Å². The Labute approximate surface area is 191 Å². The van der Waals surface area contributed by atoms with Crippen LogP contribution in [0.4, 0.5) is 9.18 Å². The van der Waals surface area contributed by atoms with Gasteiger partial charge in [0.1, 0.15) is 0 Å². The van der Waals surface area contributed by atoms with E-state index in [4.69, 9.17) is 14.6 Å². The topological polar surface area (TPSA) is 97.8 Å². The predicted octanol–water partition coefficient (Wildman–Crippen LogP) is 5.37. The summed E-state index contributed by atoms with van der Waals surface area (Å²) >= 11 is 0. The summed E-state index contributed by atoms with van der Waals surface area (Å²) in [5.41, 5.74) is 0.448. The molecule has 1 heterocycles. The molecule has 3 rings (SSSR count). The molecule has 0 radical (unpaired) electrons. The van der Waals surface area contributed by atoms with Gasteiger partial charge in [-0.1, -0.05) is 32.0 Å². The van der Waals surface area contributed by atoms with Gasteiger partial charge in [-0.2, -0.15) is 0 Å². The van der Waals surface area contributed by atoms with Crippen LogP contribution in [0.3, 0.4) is 0 Å². The normalized spacial score (nSPS) is 11.9. The van der Waals surface area contributed by atoms with E-state index in [1.54, 1.807) is 37.4 Å². The third kappa shape index (κ3) is 5.22. The summed E-state index contributed by atoms with van der Waals surface area (Å²) in [6, 6.07) is 8.94. The first-order valence-corrected chi connectivity index (χ1v) is 10.7. The molecule has 1 amide bonds. The summed E-state index contributed by atoms with van der Waals surface area (Å²) in [6.07, 6.45) is 0.298. The van der Waals surface area contributed by atoms with Crippen molar-refractivity contribution in [2.24, 2.45) is 5.92 Å². The van der Waals surface area contributed by atoms with Gasteiger partial charge in [-0.25, -0.2) is 14.2 Å². The van der Waals surface area contributed by atoms with Crippen molar-refractivity contribution >= 4 is 22.6 Å². The van der Waals surface area contributed by atoms with Crippen LogP contribution < -0.4 is 14.8 Å². The summed E-state index contributed by atoms with van der Waals surface area (Å²) in [7, 11) is 0. The maximum Gasteiger partial charge on any atom is 0.405 e. The highest BCUT2D eigenvalue weighted by atomic mass is 19.1. The fraction of sp³-hybridized carbons (Fsp3) is 0.320. The standard InChI is InChI=1S/C25H27FN2O5/c1-5-32-24-19-8-6-7-18(17(19)11-12-27-24)22(29)20-10-9-16(15(4)28-25(30)31)23(21(20)26)33-13-14(2)3/h6-12,14-15,28H,5,13H2,1-4H3,(H,30,31). The molecule has 1 atom stereocenters. The number of rotatable bonds is 9. The molecule has 0 fully saturated rings. The fourth-order valence-corrected chi connectivity index (χ4v) is 3.52. The van der Waals surface area contributed by atoms with Gasteiger partial charge in [-0.15, -0.1) is 0 Å². The van der Waals surface area contributed by atoms with Gasteiger partial charge in [0.2, 0.25) is 5.88 Å². The molecule has 0 bridgehead atoms. The molecule has 0 spiro atoms. The minimum absolute atomic E-state index is 0.0990. The number of hydrogen-bond donors (Lipinski definition) is 2. The number of hydrogen-bond acceptors (Lipinski definition) is 5. The Morgan fingerprint density at radius 1 is 1.06 bits per heavy atom. The van der Waals surface area contributed by atoms with E-state index < -0.39 is 23.7 Å². The number of fused-ring (bicyclic) bond motifs is 1. The number of carboxylic acid groups (broad SMARTS) is 1. The van der Waals surface area contributed by atoms with E-state index in [-0.39, 0.29) is 23.8 Å². The van der Waals surface area contributed by atoms with Crippen molar-refractivity contribution in [1.82, 2.24) is 10.3 Å². The van der Waals surface area contributed by atoms with Crippen LogP contribution in [-0.4, -0.2) is 35.2 Å². The predicted molar refractivity (Wildman–Crippen MR) is 123 cm³/mol. The third-order valence-corrected chi connectivity index (χ3v) is 5.03. The Morgan fingerprint density at radius 3 is 2.48 bits per heavy atom. The molecule has 174 valence electrons. The van der Waals surface area contributed by atoms with Crippen LogP contribution in [0.25, 0.3) is 10.8 Å². The third-order valence-electron chi connectivity index (χ3n) is 5.03. The first-order chi connectivity index (χ1) is 15.7. The minimum Gasteiger partial charge on any atom is -0.490 e. The Hall–Kier alpha value is -3.68. The first-order valence-electron chi connectivity index (χ1n) is 10.7. The number of benzene rings is 2. The fourth-order valence-electron chi connectivity index (χ4n) is 3.52. The minimum atomic E-state index is -1.24. The molecule has 8 heteroatoms. The van der Waals surface area contributed by atoms with E-state index in [9.17, 15) is 9.59 Å². The van der Waals surface area contributed by atoms with Gasteiger partial charge in [0, 0.05) is 22.7 Å². The summed E-state index contributed by atoms with van der Waals surface area (Å²) in [5, 5.41) is 12.6. The number of ether oxygens (including phenoxy) is 2. The smallest absolute Gasteiger partial charge is 0.405 e. The van der Waals surface area contributed by atoms with Crippen molar-refractivity contribution in [3.8, 4) is 11.6 Å². The zero-order valence-corrected chi connectivity index (χ0v) is 19.0. The SMILES string of the molecule is CCOc1nccc2c(C(=O)c3ccc(C(C)NC(=O)O)c(OCC(C)C)c3F)cccc12. The Balaban J connectivity index is 2.11. The average molecular weight is 454 g/mol. The second-order valence-electron chi connectivity index (χ2n) is 8.00. The molecule has 1 unspecified atom stereocenters. The molecule has 2 N–H and O–H groups in total. The van der Waals surface area contributed by atoms with Gasteiger partial charge in [-0.3, -0.25) is 4.79 Å². The molecule has 33 heavy (non-hydrogen) atoms. The van der Waals surface area contributed by atoms with Crippen LogP contribution in [0.2, 0.25) is 0 Å². The number of aromatic nitrogens is 1. The number of ketones is 1. The van der Waals surface area contributed by atoms with Crippen molar-refractivity contribution < 1.29 is 28.6 Å². The quantitative estimate of drug-likeness (QED) is 0.422. The summed E-state index contributed by atoms with van der Waals surface area (Å²) in [4.78, 5) is 28.7. The van der Waals surface area contributed by atoms with Gasteiger partial charge in [0.15, 0.2) is 17.3 Å².